The molecule has 142 valence electrons. The van der Waals surface area contributed by atoms with Crippen LogP contribution in [0.5, 0.6) is 5.75 Å². The van der Waals surface area contributed by atoms with E-state index in [2.05, 4.69) is 10.3 Å². The minimum absolute atomic E-state index is 0.243. The van der Waals surface area contributed by atoms with E-state index in [0.717, 1.165) is 39.9 Å². The van der Waals surface area contributed by atoms with Gasteiger partial charge in [0.05, 0.1) is 4.91 Å². The molecular formula is C21H18N2O4S. The molecule has 4 rings (SSSR count). The number of hydrogen-bond acceptors (Lipinski definition) is 6. The highest BCUT2D eigenvalue weighted by atomic mass is 32.2. The number of nitrogens with zero attached hydrogens (tertiary/aromatic N) is 1. The van der Waals surface area contributed by atoms with Crippen molar-refractivity contribution in [3.05, 3.63) is 64.4 Å². The summed E-state index contributed by atoms with van der Waals surface area (Å²) in [5.41, 5.74) is 3.43. The predicted octanol–water partition coefficient (Wildman–Crippen LogP) is 4.85. The van der Waals surface area contributed by atoms with Crippen molar-refractivity contribution >= 4 is 40.1 Å². The van der Waals surface area contributed by atoms with Crippen molar-refractivity contribution in [3.63, 3.8) is 0 Å². The minimum atomic E-state index is -0.362. The minimum Gasteiger partial charge on any atom is -0.489 e. The molecule has 2 aromatic carbocycles. The average Bonchev–Trinajstić information content (AvgIpc) is 3.23. The van der Waals surface area contributed by atoms with Gasteiger partial charge in [0.2, 0.25) is 0 Å². The van der Waals surface area contributed by atoms with E-state index in [4.69, 9.17) is 9.15 Å². The Morgan fingerprint density at radius 3 is 2.64 bits per heavy atom. The van der Waals surface area contributed by atoms with E-state index in [-0.39, 0.29) is 17.1 Å². The fourth-order valence-electron chi connectivity index (χ4n) is 2.73. The summed E-state index contributed by atoms with van der Waals surface area (Å²) in [6, 6.07) is 13.2. The van der Waals surface area contributed by atoms with E-state index < -0.39 is 0 Å². The molecule has 1 saturated heterocycles. The molecule has 0 bridgehead atoms. The number of carbonyl (C=O) groups excluding carboxylic acids is 2. The maximum absolute atomic E-state index is 11.6. The van der Waals surface area contributed by atoms with Gasteiger partial charge < -0.3 is 9.15 Å². The van der Waals surface area contributed by atoms with Crippen LogP contribution < -0.4 is 10.1 Å². The van der Waals surface area contributed by atoms with Gasteiger partial charge in [0.25, 0.3) is 11.1 Å². The Labute approximate surface area is 166 Å². The molecule has 0 saturated carbocycles. The first-order valence-corrected chi connectivity index (χ1v) is 9.66. The lowest BCUT2D eigenvalue weighted by molar-refractivity contribution is -0.115. The van der Waals surface area contributed by atoms with E-state index in [1.165, 1.54) is 0 Å². The normalized spacial score (nSPS) is 15.6. The zero-order valence-corrected chi connectivity index (χ0v) is 16.2. The number of aromatic nitrogens is 1. The molecular weight excluding hydrogens is 376 g/mol. The maximum atomic E-state index is 11.6. The summed E-state index contributed by atoms with van der Waals surface area (Å²) in [6.45, 7) is 4.50. The lowest BCUT2D eigenvalue weighted by atomic mass is 10.2. The van der Waals surface area contributed by atoms with Gasteiger partial charge in [0.1, 0.15) is 17.9 Å². The first kappa shape index (κ1) is 18.3. The molecule has 0 spiro atoms. The maximum Gasteiger partial charge on any atom is 0.290 e. The SMILES string of the molecule is CC(C)c1nc2cc(COc3ccc(C=C4SC(=O)NC4=O)cc3)ccc2o1. The molecule has 1 fully saturated rings. The first-order chi connectivity index (χ1) is 13.5. The smallest absolute Gasteiger partial charge is 0.290 e. The number of carbonyl (C=O) groups is 2. The topological polar surface area (TPSA) is 81.4 Å². The van der Waals surface area contributed by atoms with Gasteiger partial charge in [-0.3, -0.25) is 14.9 Å². The molecule has 0 aliphatic carbocycles. The summed E-state index contributed by atoms with van der Waals surface area (Å²) in [5.74, 6) is 1.32. The third kappa shape index (κ3) is 3.94. The molecule has 3 aromatic rings. The Bertz CT molecular complexity index is 1080. The fraction of sp³-hybridized carbons (Fsp3) is 0.190. The van der Waals surface area contributed by atoms with Crippen LogP contribution in [-0.2, 0) is 11.4 Å². The first-order valence-electron chi connectivity index (χ1n) is 8.85. The average molecular weight is 394 g/mol. The fourth-order valence-corrected chi connectivity index (χ4v) is 3.41. The van der Waals surface area contributed by atoms with Crippen LogP contribution in [0.2, 0.25) is 0 Å². The number of thioether (sulfide) groups is 1. The van der Waals surface area contributed by atoms with Crippen molar-refractivity contribution in [3.8, 4) is 5.75 Å². The lowest BCUT2D eigenvalue weighted by Crippen LogP contribution is -2.17. The molecule has 1 aliphatic heterocycles. The number of hydrogen-bond donors (Lipinski definition) is 1. The molecule has 2 heterocycles. The quantitative estimate of drug-likeness (QED) is 0.623. The Morgan fingerprint density at radius 2 is 1.96 bits per heavy atom. The number of imide groups is 1. The van der Waals surface area contributed by atoms with E-state index in [0.29, 0.717) is 17.3 Å². The van der Waals surface area contributed by atoms with Crippen molar-refractivity contribution in [2.45, 2.75) is 26.4 Å². The van der Waals surface area contributed by atoms with Crippen LogP contribution in [0.3, 0.4) is 0 Å². The van der Waals surface area contributed by atoms with Gasteiger partial charge >= 0.3 is 0 Å². The lowest BCUT2D eigenvalue weighted by Gasteiger charge is -2.06. The highest BCUT2D eigenvalue weighted by molar-refractivity contribution is 8.18. The van der Waals surface area contributed by atoms with Crippen LogP contribution in [0.25, 0.3) is 17.2 Å². The van der Waals surface area contributed by atoms with Gasteiger partial charge in [0, 0.05) is 5.92 Å². The molecule has 7 heteroatoms. The van der Waals surface area contributed by atoms with Gasteiger partial charge in [-0.1, -0.05) is 32.0 Å². The summed E-state index contributed by atoms with van der Waals surface area (Å²) in [5, 5.41) is 1.89. The largest absolute Gasteiger partial charge is 0.489 e. The number of benzene rings is 2. The van der Waals surface area contributed by atoms with Crippen molar-refractivity contribution in [2.75, 3.05) is 0 Å². The monoisotopic (exact) mass is 394 g/mol. The Morgan fingerprint density at radius 1 is 1.18 bits per heavy atom. The summed E-state index contributed by atoms with van der Waals surface area (Å²) in [4.78, 5) is 27.7. The third-order valence-corrected chi connectivity index (χ3v) is 5.00. The van der Waals surface area contributed by atoms with Gasteiger partial charge in [-0.05, 0) is 53.2 Å². The number of ether oxygens (including phenoxy) is 1. The van der Waals surface area contributed by atoms with E-state index >= 15 is 0 Å². The molecule has 2 amide bonds. The number of fused-ring (bicyclic) bond motifs is 1. The summed E-state index contributed by atoms with van der Waals surface area (Å²) in [7, 11) is 0. The van der Waals surface area contributed by atoms with E-state index in [9.17, 15) is 9.59 Å². The standard InChI is InChI=1S/C21H18N2O4S/c1-12(2)20-22-16-9-14(5-8-17(16)27-20)11-26-15-6-3-13(4-7-15)10-18-19(24)23-21(25)28-18/h3-10,12H,11H2,1-2H3,(H,23,24,25). The second kappa shape index (κ2) is 7.52. The van der Waals surface area contributed by atoms with Crippen LogP contribution >= 0.6 is 11.8 Å². The number of oxazole rings is 1. The van der Waals surface area contributed by atoms with Crippen LogP contribution in [0.1, 0.15) is 36.8 Å². The second-order valence-corrected chi connectivity index (χ2v) is 7.73. The molecule has 0 radical (unpaired) electrons. The van der Waals surface area contributed by atoms with Gasteiger partial charge in [0.15, 0.2) is 11.5 Å². The molecule has 1 aliphatic rings. The molecule has 1 aromatic heterocycles. The van der Waals surface area contributed by atoms with Crippen molar-refractivity contribution in [1.82, 2.24) is 10.3 Å². The number of amides is 2. The van der Waals surface area contributed by atoms with Crippen LogP contribution in [0, 0.1) is 0 Å². The van der Waals surface area contributed by atoms with E-state index in [1.807, 2.05) is 56.3 Å². The molecule has 0 atom stereocenters. The predicted molar refractivity (Wildman–Crippen MR) is 108 cm³/mol. The highest BCUT2D eigenvalue weighted by Crippen LogP contribution is 2.26. The molecule has 0 unspecified atom stereocenters. The molecule has 1 N–H and O–H groups in total. The van der Waals surface area contributed by atoms with Crippen LogP contribution in [0.15, 0.2) is 51.8 Å². The zero-order chi connectivity index (χ0) is 19.7. The van der Waals surface area contributed by atoms with Crippen molar-refractivity contribution < 1.29 is 18.7 Å². The summed E-state index contributed by atoms with van der Waals surface area (Å²) >= 11 is 0.901. The van der Waals surface area contributed by atoms with Gasteiger partial charge in [-0.25, -0.2) is 4.98 Å². The van der Waals surface area contributed by atoms with Gasteiger partial charge in [-0.15, -0.1) is 0 Å². The second-order valence-electron chi connectivity index (χ2n) is 6.72. The van der Waals surface area contributed by atoms with Gasteiger partial charge in [-0.2, -0.15) is 0 Å². The molecule has 28 heavy (non-hydrogen) atoms. The third-order valence-electron chi connectivity index (χ3n) is 4.19. The highest BCUT2D eigenvalue weighted by Gasteiger charge is 2.24. The van der Waals surface area contributed by atoms with Crippen molar-refractivity contribution in [2.24, 2.45) is 0 Å². The number of rotatable bonds is 5. The summed E-state index contributed by atoms with van der Waals surface area (Å²) in [6.07, 6.45) is 1.68. The Balaban J connectivity index is 1.42. The zero-order valence-electron chi connectivity index (χ0n) is 15.4. The van der Waals surface area contributed by atoms with Crippen LogP contribution in [-0.4, -0.2) is 16.1 Å². The Kier molecular flexibility index (Phi) is 4.92. The molecule has 6 nitrogen and oxygen atoms in total. The number of nitrogens with one attached hydrogen (secondary N) is 1. The Hall–Kier alpha value is -3.06. The van der Waals surface area contributed by atoms with Crippen molar-refractivity contribution in [1.29, 1.82) is 0 Å². The van der Waals surface area contributed by atoms with E-state index in [1.54, 1.807) is 6.08 Å². The summed E-state index contributed by atoms with van der Waals surface area (Å²) < 4.78 is 11.6. The van der Waals surface area contributed by atoms with Crippen LogP contribution in [0.4, 0.5) is 4.79 Å².